The van der Waals surface area contributed by atoms with E-state index in [1.165, 1.54) is 0 Å². The fourth-order valence-corrected chi connectivity index (χ4v) is 1.80. The molecular formula is C9H10ClNO. The third kappa shape index (κ3) is 1.04. The largest absolute Gasteiger partial charge is 0.374 e. The van der Waals surface area contributed by atoms with E-state index in [0.717, 1.165) is 22.7 Å². The molecule has 1 heterocycles. The lowest BCUT2D eigenvalue weighted by Crippen LogP contribution is -2.15. The van der Waals surface area contributed by atoms with Gasteiger partial charge in [-0.05, 0) is 18.7 Å². The van der Waals surface area contributed by atoms with Crippen molar-refractivity contribution in [2.45, 2.75) is 12.8 Å². The molecule has 2 rings (SSSR count). The van der Waals surface area contributed by atoms with Gasteiger partial charge >= 0.3 is 0 Å². The van der Waals surface area contributed by atoms with Crippen molar-refractivity contribution in [2.75, 3.05) is 7.05 Å². The fraction of sp³-hybridized carbons (Fsp3) is 0.333. The highest BCUT2D eigenvalue weighted by Gasteiger charge is 2.26. The van der Waals surface area contributed by atoms with E-state index in [0.29, 0.717) is 0 Å². The molecule has 64 valence electrons. The van der Waals surface area contributed by atoms with Crippen molar-refractivity contribution in [2.24, 2.45) is 0 Å². The summed E-state index contributed by atoms with van der Waals surface area (Å²) in [6.45, 7) is 0.732. The van der Waals surface area contributed by atoms with Gasteiger partial charge in [-0.3, -0.25) is 4.90 Å². The summed E-state index contributed by atoms with van der Waals surface area (Å²) >= 11 is 5.96. The second-order valence-corrected chi connectivity index (χ2v) is 3.50. The highest BCUT2D eigenvalue weighted by Crippen LogP contribution is 2.34. The van der Waals surface area contributed by atoms with Gasteiger partial charge in [0.2, 0.25) is 0 Å². The van der Waals surface area contributed by atoms with Crippen molar-refractivity contribution in [3.63, 3.8) is 0 Å². The third-order valence-electron chi connectivity index (χ3n) is 2.26. The van der Waals surface area contributed by atoms with E-state index in [1.54, 1.807) is 0 Å². The Balaban J connectivity index is 2.53. The predicted molar refractivity (Wildman–Crippen MR) is 47.9 cm³/mol. The highest BCUT2D eigenvalue weighted by molar-refractivity contribution is 6.31. The Labute approximate surface area is 76.4 Å². The Morgan fingerprint density at radius 2 is 2.33 bits per heavy atom. The molecule has 0 aromatic heterocycles. The zero-order valence-electron chi connectivity index (χ0n) is 6.79. The Bertz CT molecular complexity index is 313. The van der Waals surface area contributed by atoms with Crippen LogP contribution in [0.2, 0.25) is 5.02 Å². The van der Waals surface area contributed by atoms with Crippen LogP contribution in [0.3, 0.4) is 0 Å². The number of rotatable bonds is 0. The van der Waals surface area contributed by atoms with Crippen molar-refractivity contribution in [1.82, 2.24) is 4.90 Å². The fourth-order valence-electron chi connectivity index (χ4n) is 1.56. The van der Waals surface area contributed by atoms with Crippen LogP contribution >= 0.6 is 11.6 Å². The minimum Gasteiger partial charge on any atom is -0.374 e. The Kier molecular flexibility index (Phi) is 1.83. The van der Waals surface area contributed by atoms with Gasteiger partial charge in [0.05, 0.1) is 0 Å². The number of fused-ring (bicyclic) bond motifs is 1. The lowest BCUT2D eigenvalue weighted by Gasteiger charge is -2.12. The average molecular weight is 184 g/mol. The summed E-state index contributed by atoms with van der Waals surface area (Å²) in [5, 5.41) is 10.4. The summed E-state index contributed by atoms with van der Waals surface area (Å²) in [6, 6.07) is 5.63. The summed E-state index contributed by atoms with van der Waals surface area (Å²) in [5.74, 6) is 0. The Morgan fingerprint density at radius 1 is 1.58 bits per heavy atom. The molecule has 1 aromatic rings. The summed E-state index contributed by atoms with van der Waals surface area (Å²) < 4.78 is 0. The van der Waals surface area contributed by atoms with Crippen molar-refractivity contribution in [1.29, 1.82) is 0 Å². The van der Waals surface area contributed by atoms with Crippen LogP contribution in [0, 0.1) is 0 Å². The van der Waals surface area contributed by atoms with E-state index in [2.05, 4.69) is 0 Å². The van der Waals surface area contributed by atoms with E-state index in [-0.39, 0.29) is 0 Å². The van der Waals surface area contributed by atoms with Crippen molar-refractivity contribution in [3.8, 4) is 0 Å². The van der Waals surface area contributed by atoms with Gasteiger partial charge < -0.3 is 5.11 Å². The molecule has 0 spiro atoms. The van der Waals surface area contributed by atoms with Gasteiger partial charge in [-0.15, -0.1) is 0 Å². The maximum Gasteiger partial charge on any atom is 0.133 e. The first-order valence-corrected chi connectivity index (χ1v) is 4.23. The molecule has 1 atom stereocenters. The van der Waals surface area contributed by atoms with Gasteiger partial charge in [-0.2, -0.15) is 0 Å². The highest BCUT2D eigenvalue weighted by atomic mass is 35.5. The lowest BCUT2D eigenvalue weighted by atomic mass is 10.1. The average Bonchev–Trinajstić information content (AvgIpc) is 2.32. The number of hydrogen-bond acceptors (Lipinski definition) is 2. The van der Waals surface area contributed by atoms with E-state index in [1.807, 2.05) is 30.1 Å². The minimum atomic E-state index is -0.487. The van der Waals surface area contributed by atoms with Gasteiger partial charge in [-0.25, -0.2) is 0 Å². The zero-order valence-corrected chi connectivity index (χ0v) is 7.54. The summed E-state index contributed by atoms with van der Waals surface area (Å²) in [5.41, 5.74) is 1.99. The van der Waals surface area contributed by atoms with Crippen LogP contribution in [0.25, 0.3) is 0 Å². The normalized spacial score (nSPS) is 22.8. The molecule has 0 fully saturated rings. The first-order chi connectivity index (χ1) is 5.70. The van der Waals surface area contributed by atoms with Crippen LogP contribution in [0.15, 0.2) is 18.2 Å². The number of halogens is 1. The van der Waals surface area contributed by atoms with Gasteiger partial charge in [0.15, 0.2) is 0 Å². The second-order valence-electron chi connectivity index (χ2n) is 3.10. The van der Waals surface area contributed by atoms with Crippen molar-refractivity contribution >= 4 is 11.6 Å². The first-order valence-electron chi connectivity index (χ1n) is 3.86. The molecule has 0 bridgehead atoms. The molecule has 1 unspecified atom stereocenters. The topological polar surface area (TPSA) is 23.5 Å². The number of nitrogens with zero attached hydrogens (tertiary/aromatic N) is 1. The Morgan fingerprint density at radius 3 is 3.00 bits per heavy atom. The smallest absolute Gasteiger partial charge is 0.133 e. The third-order valence-corrected chi connectivity index (χ3v) is 2.61. The van der Waals surface area contributed by atoms with Crippen LogP contribution in [0.4, 0.5) is 0 Å². The zero-order chi connectivity index (χ0) is 8.72. The maximum atomic E-state index is 9.64. The molecule has 1 aromatic carbocycles. The lowest BCUT2D eigenvalue weighted by molar-refractivity contribution is 0.0337. The molecule has 0 radical (unpaired) electrons. The van der Waals surface area contributed by atoms with E-state index in [9.17, 15) is 5.11 Å². The van der Waals surface area contributed by atoms with Gasteiger partial charge in [0, 0.05) is 17.1 Å². The monoisotopic (exact) mass is 183 g/mol. The molecule has 2 nitrogen and oxygen atoms in total. The van der Waals surface area contributed by atoms with Crippen molar-refractivity contribution < 1.29 is 5.11 Å². The molecule has 1 N–H and O–H groups in total. The molecule has 12 heavy (non-hydrogen) atoms. The van der Waals surface area contributed by atoms with Crippen LogP contribution < -0.4 is 0 Å². The quantitative estimate of drug-likeness (QED) is 0.663. The SMILES string of the molecule is CN1Cc2c(Cl)cccc2C1O. The van der Waals surface area contributed by atoms with E-state index in [4.69, 9.17) is 11.6 Å². The van der Waals surface area contributed by atoms with Crippen LogP contribution in [0.5, 0.6) is 0 Å². The predicted octanol–water partition coefficient (Wildman–Crippen LogP) is 1.78. The first kappa shape index (κ1) is 8.05. The number of benzene rings is 1. The standard InChI is InChI=1S/C9H10ClNO/c1-11-5-7-6(9(11)12)3-2-4-8(7)10/h2-4,9,12H,5H2,1H3. The minimum absolute atomic E-state index is 0.487. The summed E-state index contributed by atoms with van der Waals surface area (Å²) in [6.07, 6.45) is -0.487. The van der Waals surface area contributed by atoms with Gasteiger partial charge in [0.1, 0.15) is 6.23 Å². The summed E-state index contributed by atoms with van der Waals surface area (Å²) in [7, 11) is 1.88. The van der Waals surface area contributed by atoms with Gasteiger partial charge in [0.25, 0.3) is 0 Å². The maximum absolute atomic E-state index is 9.64. The van der Waals surface area contributed by atoms with Crippen LogP contribution in [0.1, 0.15) is 17.4 Å². The number of aliphatic hydroxyl groups is 1. The molecule has 3 heteroatoms. The molecule has 0 saturated carbocycles. The molecule has 0 amide bonds. The number of hydrogen-bond donors (Lipinski definition) is 1. The van der Waals surface area contributed by atoms with Gasteiger partial charge in [-0.1, -0.05) is 23.7 Å². The number of aliphatic hydroxyl groups excluding tert-OH is 1. The Hall–Kier alpha value is -0.570. The molecular weight excluding hydrogens is 174 g/mol. The van der Waals surface area contributed by atoms with E-state index >= 15 is 0 Å². The second kappa shape index (κ2) is 2.73. The van der Waals surface area contributed by atoms with Crippen LogP contribution in [-0.2, 0) is 6.54 Å². The molecule has 0 aliphatic carbocycles. The molecule has 0 saturated heterocycles. The molecule has 1 aliphatic heterocycles. The van der Waals surface area contributed by atoms with E-state index < -0.39 is 6.23 Å². The molecule has 1 aliphatic rings. The summed E-state index contributed by atoms with van der Waals surface area (Å²) in [4.78, 5) is 1.86. The van der Waals surface area contributed by atoms with Crippen LogP contribution in [-0.4, -0.2) is 17.1 Å². The van der Waals surface area contributed by atoms with Crippen molar-refractivity contribution in [3.05, 3.63) is 34.3 Å².